The number of aryl methyl sites for hydroxylation is 1. The summed E-state index contributed by atoms with van der Waals surface area (Å²) in [6, 6.07) is 11.6. The van der Waals surface area contributed by atoms with E-state index in [4.69, 9.17) is 20.2 Å². The molecule has 1 atom stereocenters. The minimum absolute atomic E-state index is 0.107. The average molecular weight is 520 g/mol. The third kappa shape index (κ3) is 4.43. The second-order valence-corrected chi connectivity index (χ2v) is 10.5. The molecule has 9 heteroatoms. The van der Waals surface area contributed by atoms with Crippen LogP contribution in [0.25, 0.3) is 33.5 Å². The molecule has 0 saturated heterocycles. The number of alkyl halides is 1. The minimum Gasteiger partial charge on any atom is -0.489 e. The molecule has 1 saturated carbocycles. The van der Waals surface area contributed by atoms with E-state index < -0.39 is 12.7 Å². The van der Waals surface area contributed by atoms with Crippen LogP contribution in [0.4, 0.5) is 4.39 Å². The van der Waals surface area contributed by atoms with Crippen molar-refractivity contribution in [1.29, 1.82) is 0 Å². The number of fused-ring (bicyclic) bond motifs is 3. The van der Waals surface area contributed by atoms with E-state index in [2.05, 4.69) is 27.3 Å². The Balaban J connectivity index is 1.43. The number of halogens is 1. The Bertz CT molecular complexity index is 1510. The molecule has 1 aliphatic heterocycles. The number of hydrogen-bond donors (Lipinski definition) is 1. The first-order valence-electron chi connectivity index (χ1n) is 13.3. The van der Waals surface area contributed by atoms with Gasteiger partial charge < -0.3 is 29.2 Å². The van der Waals surface area contributed by atoms with Crippen LogP contribution in [0, 0.1) is 5.92 Å². The van der Waals surface area contributed by atoms with Gasteiger partial charge >= 0.3 is 0 Å². The van der Waals surface area contributed by atoms with Gasteiger partial charge in [-0.3, -0.25) is 4.79 Å². The highest BCUT2D eigenvalue weighted by atomic mass is 19.1. The minimum atomic E-state index is -0.664. The fraction of sp³-hybridized carbons (Fsp3) is 0.448. The van der Waals surface area contributed by atoms with E-state index in [-0.39, 0.29) is 12.5 Å². The highest BCUT2D eigenvalue weighted by Gasteiger charge is 2.29. The van der Waals surface area contributed by atoms with Crippen LogP contribution in [0.1, 0.15) is 28.8 Å². The van der Waals surface area contributed by atoms with Gasteiger partial charge in [0.2, 0.25) is 0 Å². The maximum absolute atomic E-state index is 13.2. The van der Waals surface area contributed by atoms with E-state index in [0.717, 1.165) is 51.3 Å². The summed E-state index contributed by atoms with van der Waals surface area (Å²) in [5.74, 6) is 2.24. The van der Waals surface area contributed by atoms with E-state index in [0.29, 0.717) is 37.7 Å². The van der Waals surface area contributed by atoms with Crippen molar-refractivity contribution in [3.8, 4) is 17.3 Å². The maximum Gasteiger partial charge on any atom is 0.254 e. The molecule has 3 heterocycles. The summed E-state index contributed by atoms with van der Waals surface area (Å²) in [4.78, 5) is 19.9. The Labute approximate surface area is 221 Å². The van der Waals surface area contributed by atoms with Crippen molar-refractivity contribution in [3.05, 3.63) is 47.5 Å². The van der Waals surface area contributed by atoms with Crippen LogP contribution in [0.5, 0.6) is 5.75 Å². The van der Waals surface area contributed by atoms with Gasteiger partial charge in [0.25, 0.3) is 5.91 Å². The van der Waals surface area contributed by atoms with Crippen molar-refractivity contribution in [1.82, 2.24) is 19.0 Å². The topological polar surface area (TPSA) is 87.5 Å². The molecule has 200 valence electrons. The maximum atomic E-state index is 13.2. The van der Waals surface area contributed by atoms with Crippen molar-refractivity contribution in [2.75, 3.05) is 40.1 Å². The fourth-order valence-corrected chi connectivity index (χ4v) is 5.53. The van der Waals surface area contributed by atoms with Crippen LogP contribution in [-0.4, -0.2) is 71.1 Å². The van der Waals surface area contributed by atoms with Crippen LogP contribution < -0.4 is 10.5 Å². The lowest BCUT2D eigenvalue weighted by molar-refractivity contribution is 0.0725. The van der Waals surface area contributed by atoms with Gasteiger partial charge in [0.15, 0.2) is 5.82 Å². The summed E-state index contributed by atoms with van der Waals surface area (Å²) in [6.07, 6.45) is 3.16. The summed E-state index contributed by atoms with van der Waals surface area (Å²) in [5.41, 5.74) is 11.3. The lowest BCUT2D eigenvalue weighted by Crippen LogP contribution is -2.45. The SMILES string of the molecule is COCCOc1cccc2cc(-c3nc4cc5c(cc4n3C)CCN(C[C@H](N)CF)C5=O)n(CC3CC3)c12. The van der Waals surface area contributed by atoms with Gasteiger partial charge in [-0.15, -0.1) is 0 Å². The zero-order valence-electron chi connectivity index (χ0n) is 22.0. The summed E-state index contributed by atoms with van der Waals surface area (Å²) < 4.78 is 28.8. The van der Waals surface area contributed by atoms with Crippen LogP contribution in [0.2, 0.25) is 0 Å². The van der Waals surface area contributed by atoms with Crippen molar-refractivity contribution in [2.45, 2.75) is 31.8 Å². The highest BCUT2D eigenvalue weighted by molar-refractivity contribution is 6.01. The van der Waals surface area contributed by atoms with E-state index in [1.54, 1.807) is 12.0 Å². The number of imidazole rings is 1. The average Bonchev–Trinajstić information content (AvgIpc) is 3.59. The quantitative estimate of drug-likeness (QED) is 0.321. The first-order chi connectivity index (χ1) is 18.5. The number of methoxy groups -OCH3 is 1. The van der Waals surface area contributed by atoms with Crippen LogP contribution in [0.15, 0.2) is 36.4 Å². The Kier molecular flexibility index (Phi) is 6.57. The van der Waals surface area contributed by atoms with Crippen LogP contribution in [-0.2, 0) is 24.8 Å². The van der Waals surface area contributed by atoms with Gasteiger partial charge in [-0.05, 0) is 55.0 Å². The normalized spacial score (nSPS) is 16.4. The zero-order valence-corrected chi connectivity index (χ0v) is 22.0. The molecule has 38 heavy (non-hydrogen) atoms. The van der Waals surface area contributed by atoms with Crippen molar-refractivity contribution in [3.63, 3.8) is 0 Å². The number of aromatic nitrogens is 3. The molecule has 2 aliphatic rings. The smallest absolute Gasteiger partial charge is 0.254 e. The Hall–Kier alpha value is -3.43. The summed E-state index contributed by atoms with van der Waals surface area (Å²) in [7, 11) is 3.70. The van der Waals surface area contributed by atoms with E-state index in [1.165, 1.54) is 12.8 Å². The number of para-hydroxylation sites is 1. The van der Waals surface area contributed by atoms with E-state index in [9.17, 15) is 9.18 Å². The number of hydrogen-bond acceptors (Lipinski definition) is 5. The lowest BCUT2D eigenvalue weighted by atomic mass is 9.97. The summed E-state index contributed by atoms with van der Waals surface area (Å²) in [6.45, 7) is 2.03. The van der Waals surface area contributed by atoms with Crippen molar-refractivity contribution in [2.24, 2.45) is 18.7 Å². The monoisotopic (exact) mass is 519 g/mol. The second-order valence-electron chi connectivity index (χ2n) is 10.5. The Morgan fingerprint density at radius 2 is 2.05 bits per heavy atom. The number of carbonyl (C=O) groups is 1. The molecule has 0 radical (unpaired) electrons. The largest absolute Gasteiger partial charge is 0.489 e. The molecule has 0 unspecified atom stereocenters. The fourth-order valence-electron chi connectivity index (χ4n) is 5.53. The number of amides is 1. The number of benzene rings is 2. The van der Waals surface area contributed by atoms with Gasteiger partial charge in [-0.2, -0.15) is 0 Å². The van der Waals surface area contributed by atoms with Gasteiger partial charge in [-0.25, -0.2) is 9.37 Å². The molecule has 4 aromatic rings. The molecular formula is C29H34FN5O3. The van der Waals surface area contributed by atoms with E-state index in [1.807, 2.05) is 25.2 Å². The Morgan fingerprint density at radius 3 is 2.82 bits per heavy atom. The first kappa shape index (κ1) is 24.9. The summed E-state index contributed by atoms with van der Waals surface area (Å²) >= 11 is 0. The third-order valence-electron chi connectivity index (χ3n) is 7.72. The van der Waals surface area contributed by atoms with Crippen molar-refractivity contribution >= 4 is 27.8 Å². The molecule has 1 aliphatic carbocycles. The Morgan fingerprint density at radius 1 is 1.21 bits per heavy atom. The van der Waals surface area contributed by atoms with Crippen molar-refractivity contribution < 1.29 is 18.7 Å². The van der Waals surface area contributed by atoms with Crippen LogP contribution >= 0.6 is 0 Å². The number of ether oxygens (including phenoxy) is 2. The van der Waals surface area contributed by atoms with Gasteiger partial charge in [-0.1, -0.05) is 12.1 Å². The summed E-state index contributed by atoms with van der Waals surface area (Å²) in [5, 5.41) is 1.11. The molecule has 2 aromatic carbocycles. The standard InChI is InChI=1S/C29H34FN5O3/c1-33-24-12-19-8-9-34(17-21(31)15-30)29(36)22(19)14-23(24)32-28(33)25-13-20-4-3-5-26(38-11-10-37-2)27(20)35(25)16-18-6-7-18/h3-5,12-14,18,21H,6-11,15-17,31H2,1-2H3/t21-/m1/s1. The van der Waals surface area contributed by atoms with Gasteiger partial charge in [0, 0.05) is 44.7 Å². The first-order valence-corrected chi connectivity index (χ1v) is 13.3. The molecule has 1 fully saturated rings. The molecule has 2 N–H and O–H groups in total. The number of rotatable bonds is 10. The van der Waals surface area contributed by atoms with Crippen LogP contribution in [0.3, 0.4) is 0 Å². The third-order valence-corrected chi connectivity index (χ3v) is 7.72. The lowest BCUT2D eigenvalue weighted by Gasteiger charge is -2.30. The van der Waals surface area contributed by atoms with Gasteiger partial charge in [0.1, 0.15) is 19.0 Å². The number of carbonyl (C=O) groups excluding carboxylic acids is 1. The highest BCUT2D eigenvalue weighted by Crippen LogP contribution is 2.39. The molecule has 2 aromatic heterocycles. The molecule has 8 nitrogen and oxygen atoms in total. The number of nitrogens with two attached hydrogens (primary N) is 1. The van der Waals surface area contributed by atoms with E-state index >= 15 is 0 Å². The van der Waals surface area contributed by atoms with Gasteiger partial charge in [0.05, 0.1) is 34.9 Å². The predicted octanol–water partition coefficient (Wildman–Crippen LogP) is 3.93. The number of nitrogens with zero attached hydrogens (tertiary/aromatic N) is 4. The molecule has 1 amide bonds. The molecular weight excluding hydrogens is 485 g/mol. The predicted molar refractivity (Wildman–Crippen MR) is 145 cm³/mol. The molecule has 6 rings (SSSR count). The molecule has 0 spiro atoms. The second kappa shape index (κ2) is 10.0. The zero-order chi connectivity index (χ0) is 26.4. The molecule has 0 bridgehead atoms.